The van der Waals surface area contributed by atoms with Crippen LogP contribution in [0.1, 0.15) is 11.3 Å². The Morgan fingerprint density at radius 2 is 2.39 bits per heavy atom. The molecule has 7 nitrogen and oxygen atoms in total. The van der Waals surface area contributed by atoms with Crippen LogP contribution in [0, 0.1) is 0 Å². The van der Waals surface area contributed by atoms with Gasteiger partial charge in [0.2, 0.25) is 0 Å². The standard InChI is InChI=1S/C11H18N4O3/c1-17-4-5-18-7-10(16)13-11-8-6-12-3-2-9(8)14-15-11/h12H,2-7H2,1H3,(H2,13,14,15,16). The molecule has 0 fully saturated rings. The molecule has 0 saturated heterocycles. The molecular formula is C11H18N4O3. The van der Waals surface area contributed by atoms with E-state index < -0.39 is 0 Å². The number of hydrogen-bond donors (Lipinski definition) is 3. The van der Waals surface area contributed by atoms with Crippen molar-refractivity contribution < 1.29 is 14.3 Å². The first-order valence-corrected chi connectivity index (χ1v) is 5.94. The fourth-order valence-electron chi connectivity index (χ4n) is 1.80. The Morgan fingerprint density at radius 3 is 3.22 bits per heavy atom. The normalized spacial score (nSPS) is 14.3. The predicted octanol–water partition coefficient (Wildman–Crippen LogP) is -0.343. The number of amides is 1. The van der Waals surface area contributed by atoms with Gasteiger partial charge in [0, 0.05) is 37.9 Å². The van der Waals surface area contributed by atoms with E-state index in [4.69, 9.17) is 9.47 Å². The molecule has 0 bridgehead atoms. The van der Waals surface area contributed by atoms with Gasteiger partial charge in [0.1, 0.15) is 6.61 Å². The number of carbonyl (C=O) groups excluding carboxylic acids is 1. The lowest BCUT2D eigenvalue weighted by molar-refractivity contribution is -0.121. The molecule has 1 amide bonds. The van der Waals surface area contributed by atoms with Gasteiger partial charge in [-0.15, -0.1) is 0 Å². The zero-order chi connectivity index (χ0) is 12.8. The number of carbonyl (C=O) groups is 1. The van der Waals surface area contributed by atoms with Crippen molar-refractivity contribution in [2.75, 3.05) is 38.8 Å². The molecule has 1 aromatic rings. The van der Waals surface area contributed by atoms with Gasteiger partial charge in [0.25, 0.3) is 5.91 Å². The van der Waals surface area contributed by atoms with Gasteiger partial charge >= 0.3 is 0 Å². The summed E-state index contributed by atoms with van der Waals surface area (Å²) in [5.74, 6) is 0.392. The number of aromatic amines is 1. The lowest BCUT2D eigenvalue weighted by Crippen LogP contribution is -2.25. The number of anilines is 1. The van der Waals surface area contributed by atoms with Crippen LogP contribution in [-0.4, -0.2) is 49.6 Å². The van der Waals surface area contributed by atoms with Crippen LogP contribution in [0.15, 0.2) is 0 Å². The Hall–Kier alpha value is -1.44. The molecule has 3 N–H and O–H groups in total. The lowest BCUT2D eigenvalue weighted by atomic mass is 10.1. The summed E-state index contributed by atoms with van der Waals surface area (Å²) >= 11 is 0. The largest absolute Gasteiger partial charge is 0.382 e. The fourth-order valence-corrected chi connectivity index (χ4v) is 1.80. The maximum absolute atomic E-state index is 11.6. The van der Waals surface area contributed by atoms with E-state index >= 15 is 0 Å². The third kappa shape index (κ3) is 3.28. The summed E-state index contributed by atoms with van der Waals surface area (Å²) < 4.78 is 9.96. The molecule has 1 aliphatic rings. The van der Waals surface area contributed by atoms with Gasteiger partial charge in [-0.25, -0.2) is 0 Å². The van der Waals surface area contributed by atoms with Crippen LogP contribution in [-0.2, 0) is 27.2 Å². The number of methoxy groups -OCH3 is 1. The monoisotopic (exact) mass is 254 g/mol. The third-order valence-electron chi connectivity index (χ3n) is 2.73. The second-order valence-electron chi connectivity index (χ2n) is 4.05. The SMILES string of the molecule is COCCOCC(=O)Nc1n[nH]c2c1CNCC2. The molecule has 0 aromatic carbocycles. The van der Waals surface area contributed by atoms with Crippen LogP contribution in [0.3, 0.4) is 0 Å². The zero-order valence-electron chi connectivity index (χ0n) is 10.4. The Bertz CT molecular complexity index is 405. The average molecular weight is 254 g/mol. The average Bonchev–Trinajstić information content (AvgIpc) is 2.78. The Morgan fingerprint density at radius 1 is 1.50 bits per heavy atom. The number of nitrogens with zero attached hydrogens (tertiary/aromatic N) is 1. The van der Waals surface area contributed by atoms with Gasteiger partial charge in [0.15, 0.2) is 5.82 Å². The summed E-state index contributed by atoms with van der Waals surface area (Å²) in [6, 6.07) is 0. The molecule has 1 aromatic heterocycles. The van der Waals surface area contributed by atoms with Gasteiger partial charge in [-0.2, -0.15) is 5.10 Å². The molecule has 2 heterocycles. The molecule has 0 aliphatic carbocycles. The van der Waals surface area contributed by atoms with Gasteiger partial charge < -0.3 is 20.1 Å². The lowest BCUT2D eigenvalue weighted by Gasteiger charge is -2.13. The minimum atomic E-state index is -0.203. The fraction of sp³-hybridized carbons (Fsp3) is 0.636. The highest BCUT2D eigenvalue weighted by Gasteiger charge is 2.17. The predicted molar refractivity (Wildman–Crippen MR) is 65.3 cm³/mol. The van der Waals surface area contributed by atoms with E-state index in [1.807, 2.05) is 0 Å². The molecule has 0 spiro atoms. The third-order valence-corrected chi connectivity index (χ3v) is 2.73. The smallest absolute Gasteiger partial charge is 0.251 e. The van der Waals surface area contributed by atoms with Gasteiger partial charge in [-0.3, -0.25) is 9.89 Å². The van der Waals surface area contributed by atoms with E-state index in [-0.39, 0.29) is 12.5 Å². The maximum Gasteiger partial charge on any atom is 0.251 e. The first kappa shape index (κ1) is 13.0. The number of rotatable bonds is 6. The topological polar surface area (TPSA) is 88.3 Å². The van der Waals surface area contributed by atoms with Crippen molar-refractivity contribution in [1.29, 1.82) is 0 Å². The van der Waals surface area contributed by atoms with Crippen molar-refractivity contribution >= 4 is 11.7 Å². The van der Waals surface area contributed by atoms with E-state index in [0.29, 0.717) is 19.0 Å². The van der Waals surface area contributed by atoms with E-state index in [1.54, 1.807) is 7.11 Å². The molecular weight excluding hydrogens is 236 g/mol. The van der Waals surface area contributed by atoms with Crippen molar-refractivity contribution in [2.45, 2.75) is 13.0 Å². The summed E-state index contributed by atoms with van der Waals surface area (Å²) in [5.41, 5.74) is 2.12. The summed E-state index contributed by atoms with van der Waals surface area (Å²) in [7, 11) is 1.59. The number of aromatic nitrogens is 2. The highest BCUT2D eigenvalue weighted by Crippen LogP contribution is 2.19. The highest BCUT2D eigenvalue weighted by molar-refractivity contribution is 5.91. The van der Waals surface area contributed by atoms with Crippen LogP contribution >= 0.6 is 0 Å². The van der Waals surface area contributed by atoms with Crippen molar-refractivity contribution in [1.82, 2.24) is 15.5 Å². The summed E-state index contributed by atoms with van der Waals surface area (Å²) in [6.07, 6.45) is 0.905. The molecule has 0 atom stereocenters. The van der Waals surface area contributed by atoms with Crippen LogP contribution in [0.25, 0.3) is 0 Å². The van der Waals surface area contributed by atoms with Crippen molar-refractivity contribution in [3.63, 3.8) is 0 Å². The minimum Gasteiger partial charge on any atom is -0.382 e. The van der Waals surface area contributed by atoms with Gasteiger partial charge in [-0.1, -0.05) is 0 Å². The first-order valence-electron chi connectivity index (χ1n) is 5.94. The van der Waals surface area contributed by atoms with Crippen LogP contribution < -0.4 is 10.6 Å². The number of fused-ring (bicyclic) bond motifs is 1. The van der Waals surface area contributed by atoms with E-state index in [0.717, 1.165) is 30.8 Å². The maximum atomic E-state index is 11.6. The number of hydrogen-bond acceptors (Lipinski definition) is 5. The summed E-state index contributed by atoms with van der Waals surface area (Å²) in [4.78, 5) is 11.6. The first-order chi connectivity index (χ1) is 8.81. The number of ether oxygens (including phenoxy) is 2. The minimum absolute atomic E-state index is 0.0123. The van der Waals surface area contributed by atoms with Crippen LogP contribution in [0.5, 0.6) is 0 Å². The van der Waals surface area contributed by atoms with E-state index in [1.165, 1.54) is 0 Å². The second kappa shape index (κ2) is 6.48. The Balaban J connectivity index is 1.82. The van der Waals surface area contributed by atoms with Crippen molar-refractivity contribution in [3.8, 4) is 0 Å². The molecule has 7 heteroatoms. The Kier molecular flexibility index (Phi) is 4.68. The Labute approximate surface area is 105 Å². The zero-order valence-corrected chi connectivity index (χ0v) is 10.4. The number of nitrogens with one attached hydrogen (secondary N) is 3. The van der Waals surface area contributed by atoms with Gasteiger partial charge in [-0.05, 0) is 0 Å². The number of H-pyrrole nitrogens is 1. The van der Waals surface area contributed by atoms with Crippen LogP contribution in [0.4, 0.5) is 5.82 Å². The summed E-state index contributed by atoms with van der Waals surface area (Å²) in [6.45, 7) is 2.56. The van der Waals surface area contributed by atoms with Crippen molar-refractivity contribution in [2.24, 2.45) is 0 Å². The molecule has 0 unspecified atom stereocenters. The molecule has 2 rings (SSSR count). The summed E-state index contributed by atoms with van der Waals surface area (Å²) in [5, 5.41) is 13.0. The molecule has 18 heavy (non-hydrogen) atoms. The molecule has 100 valence electrons. The highest BCUT2D eigenvalue weighted by atomic mass is 16.5. The molecule has 1 aliphatic heterocycles. The van der Waals surface area contributed by atoms with Crippen molar-refractivity contribution in [3.05, 3.63) is 11.3 Å². The second-order valence-corrected chi connectivity index (χ2v) is 4.05. The van der Waals surface area contributed by atoms with Crippen LogP contribution in [0.2, 0.25) is 0 Å². The molecule has 0 saturated carbocycles. The molecule has 0 radical (unpaired) electrons. The van der Waals surface area contributed by atoms with Gasteiger partial charge in [0.05, 0.1) is 13.2 Å². The van der Waals surface area contributed by atoms with E-state index in [9.17, 15) is 4.79 Å². The van der Waals surface area contributed by atoms with E-state index in [2.05, 4.69) is 20.8 Å². The quantitative estimate of drug-likeness (QED) is 0.604.